The zero-order valence-corrected chi connectivity index (χ0v) is 10.9. The average Bonchev–Trinajstić information content (AvgIpc) is 2.40. The summed E-state index contributed by atoms with van der Waals surface area (Å²) in [5.41, 5.74) is 0.777. The molecule has 1 aliphatic rings. The number of piperidine rings is 1. The van der Waals surface area contributed by atoms with Crippen LogP contribution in [0.5, 0.6) is 5.75 Å². The lowest BCUT2D eigenvalue weighted by atomic mass is 9.90. The van der Waals surface area contributed by atoms with E-state index in [-0.39, 0.29) is 5.78 Å². The van der Waals surface area contributed by atoms with Crippen LogP contribution in [0.15, 0.2) is 24.3 Å². The standard InChI is InChI=1S/C15H21NO2/c1-2-18-14-5-3-4-13(11-14)15(17)10-12-6-8-16-9-7-12/h3-5,11-12,16H,2,6-10H2,1H3. The molecule has 1 heterocycles. The number of Topliss-reactive ketones (excluding diaryl/α,β-unsaturated/α-hetero) is 1. The molecule has 98 valence electrons. The van der Waals surface area contributed by atoms with E-state index in [1.165, 1.54) is 0 Å². The fourth-order valence-electron chi connectivity index (χ4n) is 2.39. The van der Waals surface area contributed by atoms with Crippen molar-refractivity contribution in [1.29, 1.82) is 0 Å². The topological polar surface area (TPSA) is 38.3 Å². The van der Waals surface area contributed by atoms with Gasteiger partial charge in [-0.3, -0.25) is 4.79 Å². The fraction of sp³-hybridized carbons (Fsp3) is 0.533. The van der Waals surface area contributed by atoms with E-state index in [1.807, 2.05) is 31.2 Å². The molecular weight excluding hydrogens is 226 g/mol. The Hall–Kier alpha value is -1.35. The third-order valence-electron chi connectivity index (χ3n) is 3.40. The van der Waals surface area contributed by atoms with Gasteiger partial charge in [-0.1, -0.05) is 12.1 Å². The second-order valence-electron chi connectivity index (χ2n) is 4.78. The van der Waals surface area contributed by atoms with Crippen LogP contribution in [0.3, 0.4) is 0 Å². The number of ketones is 1. The average molecular weight is 247 g/mol. The van der Waals surface area contributed by atoms with Gasteiger partial charge in [-0.2, -0.15) is 0 Å². The Morgan fingerprint density at radius 1 is 1.39 bits per heavy atom. The molecular formula is C15H21NO2. The third-order valence-corrected chi connectivity index (χ3v) is 3.40. The third kappa shape index (κ3) is 3.57. The summed E-state index contributed by atoms with van der Waals surface area (Å²) in [6, 6.07) is 7.52. The fourth-order valence-corrected chi connectivity index (χ4v) is 2.39. The Morgan fingerprint density at radius 2 is 2.17 bits per heavy atom. The molecule has 0 saturated carbocycles. The summed E-state index contributed by atoms with van der Waals surface area (Å²) in [7, 11) is 0. The smallest absolute Gasteiger partial charge is 0.163 e. The summed E-state index contributed by atoms with van der Waals surface area (Å²) in [6.45, 7) is 4.66. The van der Waals surface area contributed by atoms with Crippen molar-refractivity contribution in [2.45, 2.75) is 26.2 Å². The van der Waals surface area contributed by atoms with Crippen molar-refractivity contribution in [3.05, 3.63) is 29.8 Å². The number of benzene rings is 1. The highest BCUT2D eigenvalue weighted by Gasteiger charge is 2.17. The number of nitrogens with one attached hydrogen (secondary N) is 1. The molecule has 1 saturated heterocycles. The van der Waals surface area contributed by atoms with E-state index in [1.54, 1.807) is 0 Å². The Labute approximate surface area is 109 Å². The molecule has 1 fully saturated rings. The van der Waals surface area contributed by atoms with E-state index >= 15 is 0 Å². The molecule has 1 aromatic carbocycles. The summed E-state index contributed by atoms with van der Waals surface area (Å²) in [4.78, 5) is 12.2. The largest absolute Gasteiger partial charge is 0.494 e. The van der Waals surface area contributed by atoms with Crippen LogP contribution in [0.4, 0.5) is 0 Å². The molecule has 1 aliphatic heterocycles. The van der Waals surface area contributed by atoms with Crippen LogP contribution in [0.25, 0.3) is 0 Å². The van der Waals surface area contributed by atoms with E-state index in [0.717, 1.165) is 37.2 Å². The van der Waals surface area contributed by atoms with E-state index in [0.29, 0.717) is 18.9 Å². The van der Waals surface area contributed by atoms with E-state index < -0.39 is 0 Å². The van der Waals surface area contributed by atoms with Crippen LogP contribution in [0.2, 0.25) is 0 Å². The number of hydrogen-bond donors (Lipinski definition) is 1. The Bertz CT molecular complexity index is 397. The van der Waals surface area contributed by atoms with Gasteiger partial charge in [0.15, 0.2) is 5.78 Å². The summed E-state index contributed by atoms with van der Waals surface area (Å²) in [6.07, 6.45) is 2.88. The maximum absolute atomic E-state index is 12.2. The molecule has 0 atom stereocenters. The maximum atomic E-state index is 12.2. The number of rotatable bonds is 5. The molecule has 0 unspecified atom stereocenters. The monoisotopic (exact) mass is 247 g/mol. The van der Waals surface area contributed by atoms with Crippen LogP contribution in [-0.4, -0.2) is 25.5 Å². The molecule has 0 bridgehead atoms. The number of ether oxygens (including phenoxy) is 1. The van der Waals surface area contributed by atoms with Gasteiger partial charge in [0.05, 0.1) is 6.61 Å². The molecule has 2 rings (SSSR count). The lowest BCUT2D eigenvalue weighted by Crippen LogP contribution is -2.28. The summed E-state index contributed by atoms with van der Waals surface area (Å²) < 4.78 is 5.42. The van der Waals surface area contributed by atoms with Crippen molar-refractivity contribution >= 4 is 5.78 Å². The molecule has 0 aromatic heterocycles. The van der Waals surface area contributed by atoms with Gasteiger partial charge in [-0.25, -0.2) is 0 Å². The first-order valence-electron chi connectivity index (χ1n) is 6.76. The summed E-state index contributed by atoms with van der Waals surface area (Å²) in [5, 5.41) is 3.32. The highest BCUT2D eigenvalue weighted by atomic mass is 16.5. The lowest BCUT2D eigenvalue weighted by molar-refractivity contribution is 0.0952. The minimum Gasteiger partial charge on any atom is -0.494 e. The Morgan fingerprint density at radius 3 is 2.89 bits per heavy atom. The van der Waals surface area contributed by atoms with Gasteiger partial charge in [-0.15, -0.1) is 0 Å². The minimum absolute atomic E-state index is 0.239. The van der Waals surface area contributed by atoms with Crippen LogP contribution in [0.1, 0.15) is 36.5 Å². The van der Waals surface area contributed by atoms with Crippen molar-refractivity contribution in [2.24, 2.45) is 5.92 Å². The van der Waals surface area contributed by atoms with Gasteiger partial charge in [0.1, 0.15) is 5.75 Å². The maximum Gasteiger partial charge on any atom is 0.163 e. The van der Waals surface area contributed by atoms with Crippen LogP contribution >= 0.6 is 0 Å². The minimum atomic E-state index is 0.239. The number of hydrogen-bond acceptors (Lipinski definition) is 3. The van der Waals surface area contributed by atoms with Crippen molar-refractivity contribution in [3.63, 3.8) is 0 Å². The van der Waals surface area contributed by atoms with Gasteiger partial charge in [0, 0.05) is 12.0 Å². The van der Waals surface area contributed by atoms with Gasteiger partial charge in [0.2, 0.25) is 0 Å². The Kier molecular flexibility index (Phi) is 4.76. The van der Waals surface area contributed by atoms with Gasteiger partial charge < -0.3 is 10.1 Å². The first-order chi connectivity index (χ1) is 8.79. The first kappa shape index (κ1) is 13.1. The summed E-state index contributed by atoms with van der Waals surface area (Å²) >= 11 is 0. The molecule has 3 heteroatoms. The molecule has 0 amide bonds. The SMILES string of the molecule is CCOc1cccc(C(=O)CC2CCNCC2)c1. The Balaban J connectivity index is 1.96. The second-order valence-corrected chi connectivity index (χ2v) is 4.78. The number of carbonyl (C=O) groups excluding carboxylic acids is 1. The van der Waals surface area contributed by atoms with Gasteiger partial charge >= 0.3 is 0 Å². The van der Waals surface area contributed by atoms with Crippen LogP contribution in [0, 0.1) is 5.92 Å². The van der Waals surface area contributed by atoms with E-state index in [4.69, 9.17) is 4.74 Å². The molecule has 1 N–H and O–H groups in total. The molecule has 0 radical (unpaired) electrons. The van der Waals surface area contributed by atoms with Crippen molar-refractivity contribution in [2.75, 3.05) is 19.7 Å². The van der Waals surface area contributed by atoms with Crippen LogP contribution in [-0.2, 0) is 0 Å². The molecule has 0 spiro atoms. The van der Waals surface area contributed by atoms with Gasteiger partial charge in [0.25, 0.3) is 0 Å². The zero-order valence-electron chi connectivity index (χ0n) is 10.9. The molecule has 0 aliphatic carbocycles. The highest BCUT2D eigenvalue weighted by Crippen LogP contribution is 2.21. The molecule has 1 aromatic rings. The van der Waals surface area contributed by atoms with Crippen molar-refractivity contribution in [3.8, 4) is 5.75 Å². The van der Waals surface area contributed by atoms with E-state index in [9.17, 15) is 4.79 Å². The predicted molar refractivity (Wildman–Crippen MR) is 72.2 cm³/mol. The quantitative estimate of drug-likeness (QED) is 0.813. The normalized spacial score (nSPS) is 16.5. The summed E-state index contributed by atoms with van der Waals surface area (Å²) in [5.74, 6) is 1.56. The highest BCUT2D eigenvalue weighted by molar-refractivity contribution is 5.96. The van der Waals surface area contributed by atoms with Crippen molar-refractivity contribution in [1.82, 2.24) is 5.32 Å². The number of carbonyl (C=O) groups is 1. The second kappa shape index (κ2) is 6.55. The van der Waals surface area contributed by atoms with E-state index in [2.05, 4.69) is 5.32 Å². The van der Waals surface area contributed by atoms with Gasteiger partial charge in [-0.05, 0) is 50.9 Å². The first-order valence-corrected chi connectivity index (χ1v) is 6.76. The van der Waals surface area contributed by atoms with Crippen LogP contribution < -0.4 is 10.1 Å². The molecule has 18 heavy (non-hydrogen) atoms. The lowest BCUT2D eigenvalue weighted by Gasteiger charge is -2.21. The molecule has 3 nitrogen and oxygen atoms in total. The zero-order chi connectivity index (χ0) is 12.8. The van der Waals surface area contributed by atoms with Crippen molar-refractivity contribution < 1.29 is 9.53 Å². The predicted octanol–water partition coefficient (Wildman–Crippen LogP) is 2.66.